The number of rotatable bonds is 4. The van der Waals surface area contributed by atoms with Crippen LogP contribution >= 0.6 is 12.4 Å². The average molecular weight is 339 g/mol. The van der Waals surface area contributed by atoms with Crippen molar-refractivity contribution in [3.05, 3.63) is 29.1 Å². The molecule has 1 fully saturated rings. The van der Waals surface area contributed by atoms with Gasteiger partial charge in [-0.05, 0) is 25.5 Å². The van der Waals surface area contributed by atoms with Crippen molar-refractivity contribution in [2.45, 2.75) is 25.8 Å². The van der Waals surface area contributed by atoms with E-state index in [0.29, 0.717) is 32.0 Å². The van der Waals surface area contributed by atoms with Gasteiger partial charge in [-0.15, -0.1) is 12.4 Å². The van der Waals surface area contributed by atoms with E-state index in [0.717, 1.165) is 6.54 Å². The third-order valence-corrected chi connectivity index (χ3v) is 3.56. The SMILES string of the molecule is CCCN(C(=O)c1cc(F)c(F)c(O)c1F)C1CCNC1.Cl. The van der Waals surface area contributed by atoms with E-state index in [4.69, 9.17) is 0 Å². The lowest BCUT2D eigenvalue weighted by atomic mass is 10.1. The van der Waals surface area contributed by atoms with Gasteiger partial charge in [-0.1, -0.05) is 6.92 Å². The van der Waals surface area contributed by atoms with Crippen molar-refractivity contribution in [1.82, 2.24) is 10.2 Å². The standard InChI is InChI=1S/C14H17F3N2O2.ClH/c1-2-5-19(8-3-4-18-7-8)14(21)9-6-10(15)12(17)13(20)11(9)16;/h6,8,18,20H,2-5,7H2,1H3;1H. The summed E-state index contributed by atoms with van der Waals surface area (Å²) in [6.45, 7) is 3.55. The minimum Gasteiger partial charge on any atom is -0.503 e. The Hall–Kier alpha value is -1.47. The molecular weight excluding hydrogens is 321 g/mol. The van der Waals surface area contributed by atoms with Crippen molar-refractivity contribution in [3.8, 4) is 5.75 Å². The first-order chi connectivity index (χ1) is 9.97. The van der Waals surface area contributed by atoms with Gasteiger partial charge in [0.15, 0.2) is 17.4 Å². The number of aromatic hydroxyl groups is 1. The third kappa shape index (κ3) is 3.47. The summed E-state index contributed by atoms with van der Waals surface area (Å²) in [5, 5.41) is 12.3. The zero-order valence-corrected chi connectivity index (χ0v) is 12.9. The average Bonchev–Trinajstić information content (AvgIpc) is 2.99. The zero-order valence-electron chi connectivity index (χ0n) is 12.0. The number of carbonyl (C=O) groups is 1. The van der Waals surface area contributed by atoms with Crippen molar-refractivity contribution in [1.29, 1.82) is 0 Å². The van der Waals surface area contributed by atoms with Gasteiger partial charge in [-0.3, -0.25) is 4.79 Å². The molecule has 0 saturated carbocycles. The lowest BCUT2D eigenvalue weighted by molar-refractivity contribution is 0.0685. The molecule has 1 atom stereocenters. The predicted octanol–water partition coefficient (Wildman–Crippen LogP) is 2.45. The number of halogens is 4. The van der Waals surface area contributed by atoms with Gasteiger partial charge in [0, 0.05) is 19.1 Å². The topological polar surface area (TPSA) is 52.6 Å². The van der Waals surface area contributed by atoms with Crippen LogP contribution in [0.5, 0.6) is 5.75 Å². The molecule has 1 aliphatic rings. The second kappa shape index (κ2) is 7.69. The number of phenols is 1. The Balaban J connectivity index is 0.00000242. The zero-order chi connectivity index (χ0) is 15.6. The molecular formula is C14H18ClF3N2O2. The second-order valence-electron chi connectivity index (χ2n) is 5.03. The molecule has 1 aromatic carbocycles. The molecule has 0 radical (unpaired) electrons. The van der Waals surface area contributed by atoms with Crippen LogP contribution in [0, 0.1) is 17.5 Å². The first-order valence-corrected chi connectivity index (χ1v) is 6.85. The summed E-state index contributed by atoms with van der Waals surface area (Å²) < 4.78 is 40.3. The molecule has 1 amide bonds. The van der Waals surface area contributed by atoms with Gasteiger partial charge in [0.25, 0.3) is 5.91 Å². The number of phenolic OH excluding ortho intramolecular Hbond substituents is 1. The molecule has 1 saturated heterocycles. The highest BCUT2D eigenvalue weighted by Crippen LogP contribution is 2.27. The first kappa shape index (κ1) is 18.6. The molecule has 8 heteroatoms. The summed E-state index contributed by atoms with van der Waals surface area (Å²) in [5.74, 6) is -6.76. The number of carbonyl (C=O) groups excluding carboxylic acids is 1. The Morgan fingerprint density at radius 2 is 2.09 bits per heavy atom. The van der Waals surface area contributed by atoms with Crippen LogP contribution in [0.4, 0.5) is 13.2 Å². The molecule has 0 aliphatic carbocycles. The van der Waals surface area contributed by atoms with Crippen LogP contribution in [0.3, 0.4) is 0 Å². The predicted molar refractivity (Wildman–Crippen MR) is 77.8 cm³/mol. The number of benzene rings is 1. The number of hydrogen-bond acceptors (Lipinski definition) is 3. The Labute approximate surface area is 132 Å². The first-order valence-electron chi connectivity index (χ1n) is 6.85. The molecule has 0 aromatic heterocycles. The fourth-order valence-corrected chi connectivity index (χ4v) is 2.50. The molecule has 0 bridgehead atoms. The van der Waals surface area contributed by atoms with Gasteiger partial charge in [0.2, 0.25) is 5.82 Å². The molecule has 2 rings (SSSR count). The monoisotopic (exact) mass is 338 g/mol. The van der Waals surface area contributed by atoms with Crippen LogP contribution in [-0.4, -0.2) is 41.6 Å². The maximum absolute atomic E-state index is 13.9. The largest absolute Gasteiger partial charge is 0.503 e. The summed E-state index contributed by atoms with van der Waals surface area (Å²) in [5.41, 5.74) is -0.647. The van der Waals surface area contributed by atoms with Gasteiger partial charge in [0.1, 0.15) is 0 Å². The quantitative estimate of drug-likeness (QED) is 0.829. The smallest absolute Gasteiger partial charge is 0.257 e. The van der Waals surface area contributed by atoms with E-state index >= 15 is 0 Å². The maximum Gasteiger partial charge on any atom is 0.257 e. The molecule has 4 nitrogen and oxygen atoms in total. The van der Waals surface area contributed by atoms with Gasteiger partial charge in [-0.2, -0.15) is 4.39 Å². The Bertz CT molecular complexity index is 551. The van der Waals surface area contributed by atoms with Gasteiger partial charge in [-0.25, -0.2) is 8.78 Å². The van der Waals surface area contributed by atoms with E-state index in [1.165, 1.54) is 4.90 Å². The van der Waals surface area contributed by atoms with Crippen molar-refractivity contribution < 1.29 is 23.1 Å². The van der Waals surface area contributed by atoms with Gasteiger partial charge >= 0.3 is 0 Å². The summed E-state index contributed by atoms with van der Waals surface area (Å²) >= 11 is 0. The van der Waals surface area contributed by atoms with Crippen molar-refractivity contribution in [2.75, 3.05) is 19.6 Å². The van der Waals surface area contributed by atoms with Crippen molar-refractivity contribution in [2.24, 2.45) is 0 Å². The molecule has 1 aromatic rings. The van der Waals surface area contributed by atoms with E-state index < -0.39 is 34.7 Å². The van der Waals surface area contributed by atoms with E-state index in [-0.39, 0.29) is 18.4 Å². The normalized spacial score (nSPS) is 17.2. The minimum absolute atomic E-state index is 0. The second-order valence-corrected chi connectivity index (χ2v) is 5.03. The minimum atomic E-state index is -1.69. The van der Waals surface area contributed by atoms with Gasteiger partial charge < -0.3 is 15.3 Å². The molecule has 1 aliphatic heterocycles. The fourth-order valence-electron chi connectivity index (χ4n) is 2.50. The molecule has 1 unspecified atom stereocenters. The Morgan fingerprint density at radius 3 is 2.64 bits per heavy atom. The van der Waals surface area contributed by atoms with Crippen LogP contribution in [0.1, 0.15) is 30.1 Å². The van der Waals surface area contributed by atoms with Crippen LogP contribution in [0.25, 0.3) is 0 Å². The lowest BCUT2D eigenvalue weighted by Crippen LogP contribution is -2.42. The molecule has 2 N–H and O–H groups in total. The molecule has 22 heavy (non-hydrogen) atoms. The molecule has 1 heterocycles. The highest BCUT2D eigenvalue weighted by atomic mass is 35.5. The Morgan fingerprint density at radius 1 is 1.41 bits per heavy atom. The van der Waals surface area contributed by atoms with E-state index in [1.807, 2.05) is 6.92 Å². The van der Waals surface area contributed by atoms with Crippen LogP contribution in [-0.2, 0) is 0 Å². The highest BCUT2D eigenvalue weighted by Gasteiger charge is 2.30. The number of nitrogens with zero attached hydrogens (tertiary/aromatic N) is 1. The highest BCUT2D eigenvalue weighted by molar-refractivity contribution is 5.95. The van der Waals surface area contributed by atoms with Crippen molar-refractivity contribution in [3.63, 3.8) is 0 Å². The fraction of sp³-hybridized carbons (Fsp3) is 0.500. The van der Waals surface area contributed by atoms with Crippen LogP contribution in [0.2, 0.25) is 0 Å². The number of amides is 1. The van der Waals surface area contributed by atoms with Gasteiger partial charge in [0.05, 0.1) is 5.56 Å². The van der Waals surface area contributed by atoms with E-state index in [9.17, 15) is 23.1 Å². The molecule has 0 spiro atoms. The van der Waals surface area contributed by atoms with E-state index in [1.54, 1.807) is 0 Å². The Kier molecular flexibility index (Phi) is 6.49. The lowest BCUT2D eigenvalue weighted by Gasteiger charge is -2.28. The van der Waals surface area contributed by atoms with Crippen LogP contribution < -0.4 is 5.32 Å². The van der Waals surface area contributed by atoms with E-state index in [2.05, 4.69) is 5.32 Å². The maximum atomic E-state index is 13.9. The number of hydrogen-bond donors (Lipinski definition) is 2. The summed E-state index contributed by atoms with van der Waals surface area (Å²) in [7, 11) is 0. The third-order valence-electron chi connectivity index (χ3n) is 3.56. The summed E-state index contributed by atoms with van der Waals surface area (Å²) in [6, 6.07) is 0.379. The molecule has 124 valence electrons. The van der Waals surface area contributed by atoms with Crippen LogP contribution in [0.15, 0.2) is 6.07 Å². The summed E-state index contributed by atoms with van der Waals surface area (Å²) in [4.78, 5) is 13.9. The number of nitrogens with one attached hydrogen (secondary N) is 1. The van der Waals surface area contributed by atoms with Crippen molar-refractivity contribution >= 4 is 18.3 Å². The summed E-state index contributed by atoms with van der Waals surface area (Å²) in [6.07, 6.45) is 1.36.